The molecule has 2 atom stereocenters. The van der Waals surface area contributed by atoms with E-state index in [9.17, 15) is 18.0 Å². The predicted molar refractivity (Wildman–Crippen MR) is 104 cm³/mol. The van der Waals surface area contributed by atoms with Gasteiger partial charge in [0.15, 0.2) is 5.96 Å². The summed E-state index contributed by atoms with van der Waals surface area (Å²) in [5.74, 6) is -1.06. The number of alkyl halides is 3. The summed E-state index contributed by atoms with van der Waals surface area (Å²) in [5.41, 5.74) is 1.15. The van der Waals surface area contributed by atoms with E-state index < -0.39 is 12.1 Å². The fourth-order valence-corrected chi connectivity index (χ4v) is 3.22. The second-order valence-corrected chi connectivity index (χ2v) is 7.36. The zero-order valence-corrected chi connectivity index (χ0v) is 16.4. The van der Waals surface area contributed by atoms with Gasteiger partial charge in [-0.2, -0.15) is 13.2 Å². The molecule has 0 bridgehead atoms. The first-order valence-electron chi connectivity index (χ1n) is 9.61. The van der Waals surface area contributed by atoms with Crippen molar-refractivity contribution in [1.29, 1.82) is 0 Å². The van der Waals surface area contributed by atoms with Gasteiger partial charge >= 0.3 is 6.18 Å². The average Bonchev–Trinajstić information content (AvgIpc) is 2.66. The fraction of sp³-hybridized carbons (Fsp3) is 0.600. The molecule has 2 unspecified atom stereocenters. The summed E-state index contributed by atoms with van der Waals surface area (Å²) in [4.78, 5) is 17.5. The number of guanidine groups is 1. The number of nitrogens with one attached hydrogen (secondary N) is 2. The Bertz CT molecular complexity index is 647. The zero-order valence-electron chi connectivity index (χ0n) is 16.4. The van der Waals surface area contributed by atoms with Crippen LogP contribution in [0.1, 0.15) is 31.2 Å². The van der Waals surface area contributed by atoms with Crippen LogP contribution >= 0.6 is 0 Å². The number of nitrogens with zero attached hydrogens (tertiary/aromatic N) is 2. The van der Waals surface area contributed by atoms with Gasteiger partial charge in [-0.1, -0.05) is 36.8 Å². The summed E-state index contributed by atoms with van der Waals surface area (Å²) in [6.45, 7) is 0.518. The molecule has 1 aliphatic rings. The smallest absolute Gasteiger partial charge is 0.356 e. The maximum Gasteiger partial charge on any atom is 0.391 e. The first-order valence-corrected chi connectivity index (χ1v) is 9.61. The number of carbonyl (C=O) groups is 1. The van der Waals surface area contributed by atoms with Crippen molar-refractivity contribution in [2.75, 3.05) is 27.2 Å². The topological polar surface area (TPSA) is 56.7 Å². The van der Waals surface area contributed by atoms with Crippen molar-refractivity contribution < 1.29 is 18.0 Å². The quantitative estimate of drug-likeness (QED) is 0.572. The van der Waals surface area contributed by atoms with Gasteiger partial charge in [-0.3, -0.25) is 4.79 Å². The number of aliphatic imine (C=N–C) groups is 1. The number of hydrogen-bond donors (Lipinski definition) is 2. The SMILES string of the molecule is CN(C)C(=O)CN=C(NCCc1ccccc1)NC1CCCC(C(F)(F)F)C1. The van der Waals surface area contributed by atoms with Gasteiger partial charge < -0.3 is 15.5 Å². The van der Waals surface area contributed by atoms with E-state index in [1.165, 1.54) is 4.90 Å². The van der Waals surface area contributed by atoms with Crippen molar-refractivity contribution in [3.63, 3.8) is 0 Å². The van der Waals surface area contributed by atoms with Gasteiger partial charge in [0.2, 0.25) is 5.91 Å². The first kappa shape index (κ1) is 22.0. The van der Waals surface area contributed by atoms with Crippen molar-refractivity contribution in [3.8, 4) is 0 Å². The molecule has 28 heavy (non-hydrogen) atoms. The molecular weight excluding hydrogens is 369 g/mol. The number of amides is 1. The third-order valence-electron chi connectivity index (χ3n) is 4.90. The van der Waals surface area contributed by atoms with E-state index in [0.29, 0.717) is 25.3 Å². The van der Waals surface area contributed by atoms with Crippen LogP contribution in [0.2, 0.25) is 0 Å². The lowest BCUT2D eigenvalue weighted by Crippen LogP contribution is -2.47. The van der Waals surface area contributed by atoms with Gasteiger partial charge in [-0.25, -0.2) is 4.99 Å². The normalized spacial score (nSPS) is 20.5. The van der Waals surface area contributed by atoms with Crippen molar-refractivity contribution in [1.82, 2.24) is 15.5 Å². The molecule has 1 aromatic carbocycles. The standard InChI is InChI=1S/C20H29F3N4O/c1-27(2)18(28)14-25-19(24-12-11-15-7-4-3-5-8-15)26-17-10-6-9-16(13-17)20(21,22)23/h3-5,7-8,16-17H,6,9-14H2,1-2H3,(H2,24,25,26). The van der Waals surface area contributed by atoms with Crippen molar-refractivity contribution >= 4 is 11.9 Å². The van der Waals surface area contributed by atoms with Gasteiger partial charge in [-0.15, -0.1) is 0 Å². The maximum absolute atomic E-state index is 13.1. The summed E-state index contributed by atoms with van der Waals surface area (Å²) in [5, 5.41) is 6.26. The average molecular weight is 398 g/mol. The van der Waals surface area contributed by atoms with Gasteiger partial charge in [-0.05, 0) is 31.2 Å². The number of benzene rings is 1. The van der Waals surface area contributed by atoms with Crippen molar-refractivity contribution in [3.05, 3.63) is 35.9 Å². The Labute approximate surface area is 164 Å². The summed E-state index contributed by atoms with van der Waals surface area (Å²) < 4.78 is 39.2. The highest BCUT2D eigenvalue weighted by atomic mass is 19.4. The van der Waals surface area contributed by atoms with E-state index in [2.05, 4.69) is 15.6 Å². The summed E-state index contributed by atoms with van der Waals surface area (Å²) in [7, 11) is 3.28. The van der Waals surface area contributed by atoms with Gasteiger partial charge in [0, 0.05) is 26.7 Å². The third kappa shape index (κ3) is 7.40. The fourth-order valence-electron chi connectivity index (χ4n) is 3.22. The molecular formula is C20H29F3N4O. The van der Waals surface area contributed by atoms with Gasteiger partial charge in [0.05, 0.1) is 5.92 Å². The zero-order chi connectivity index (χ0) is 20.6. The number of rotatable bonds is 6. The number of likely N-dealkylation sites (N-methyl/N-ethyl adjacent to an activating group) is 1. The molecule has 2 rings (SSSR count). The van der Waals surface area contributed by atoms with Gasteiger partial charge in [0.1, 0.15) is 6.54 Å². The Balaban J connectivity index is 1.96. The predicted octanol–water partition coefficient (Wildman–Crippen LogP) is 2.97. The molecule has 5 nitrogen and oxygen atoms in total. The van der Waals surface area contributed by atoms with E-state index in [1.54, 1.807) is 14.1 Å². The second-order valence-electron chi connectivity index (χ2n) is 7.36. The number of halogens is 3. The number of hydrogen-bond acceptors (Lipinski definition) is 2. The molecule has 0 saturated heterocycles. The Hall–Kier alpha value is -2.25. The van der Waals surface area contributed by atoms with Crippen LogP contribution in [-0.4, -0.2) is 56.2 Å². The minimum Gasteiger partial charge on any atom is -0.356 e. The minimum absolute atomic E-state index is 0.0323. The van der Waals surface area contributed by atoms with Crippen LogP contribution in [-0.2, 0) is 11.2 Å². The van der Waals surface area contributed by atoms with Crippen LogP contribution < -0.4 is 10.6 Å². The molecule has 2 N–H and O–H groups in total. The van der Waals surface area contributed by atoms with E-state index in [1.807, 2.05) is 30.3 Å². The lowest BCUT2D eigenvalue weighted by atomic mass is 9.85. The van der Waals surface area contributed by atoms with E-state index in [4.69, 9.17) is 0 Å². The molecule has 1 aliphatic carbocycles. The molecule has 1 amide bonds. The summed E-state index contributed by atoms with van der Waals surface area (Å²) >= 11 is 0. The highest BCUT2D eigenvalue weighted by molar-refractivity contribution is 5.84. The largest absolute Gasteiger partial charge is 0.391 e. The molecule has 0 aliphatic heterocycles. The number of carbonyl (C=O) groups excluding carboxylic acids is 1. The monoisotopic (exact) mass is 398 g/mol. The van der Waals surface area contributed by atoms with Crippen LogP contribution in [0, 0.1) is 5.92 Å². The molecule has 0 heterocycles. The lowest BCUT2D eigenvalue weighted by Gasteiger charge is -2.32. The highest BCUT2D eigenvalue weighted by Gasteiger charge is 2.42. The van der Waals surface area contributed by atoms with Crippen LogP contribution in [0.25, 0.3) is 0 Å². The van der Waals surface area contributed by atoms with Crippen molar-refractivity contribution in [2.45, 2.75) is 44.3 Å². The van der Waals surface area contributed by atoms with Crippen molar-refractivity contribution in [2.24, 2.45) is 10.9 Å². The Kier molecular flexibility index (Phi) is 8.14. The second kappa shape index (κ2) is 10.3. The molecule has 156 valence electrons. The van der Waals surface area contributed by atoms with Gasteiger partial charge in [0.25, 0.3) is 0 Å². The Morgan fingerprint density at radius 3 is 2.57 bits per heavy atom. The maximum atomic E-state index is 13.1. The third-order valence-corrected chi connectivity index (χ3v) is 4.90. The first-order chi connectivity index (χ1) is 13.3. The van der Waals surface area contributed by atoms with Crippen LogP contribution in [0.5, 0.6) is 0 Å². The van der Waals surface area contributed by atoms with E-state index in [-0.39, 0.29) is 31.3 Å². The molecule has 0 spiro atoms. The van der Waals surface area contributed by atoms with Crippen LogP contribution in [0.4, 0.5) is 13.2 Å². The molecule has 1 aromatic rings. The Morgan fingerprint density at radius 1 is 1.21 bits per heavy atom. The van der Waals surface area contributed by atoms with Crippen LogP contribution in [0.3, 0.4) is 0 Å². The lowest BCUT2D eigenvalue weighted by molar-refractivity contribution is -0.183. The molecule has 0 aromatic heterocycles. The van der Waals surface area contributed by atoms with Crippen LogP contribution in [0.15, 0.2) is 35.3 Å². The minimum atomic E-state index is -4.17. The van der Waals surface area contributed by atoms with E-state index >= 15 is 0 Å². The molecule has 1 fully saturated rings. The van der Waals surface area contributed by atoms with E-state index in [0.717, 1.165) is 12.0 Å². The summed E-state index contributed by atoms with van der Waals surface area (Å²) in [6, 6.07) is 9.57. The Morgan fingerprint density at radius 2 is 1.93 bits per heavy atom. The summed E-state index contributed by atoms with van der Waals surface area (Å²) in [6.07, 6.45) is -2.03. The highest BCUT2D eigenvalue weighted by Crippen LogP contribution is 2.37. The molecule has 0 radical (unpaired) electrons. The molecule has 8 heteroatoms. The molecule has 1 saturated carbocycles.